The average molecular weight is 112 g/mol. The van der Waals surface area contributed by atoms with Gasteiger partial charge in [-0.05, 0) is 24.6 Å². The van der Waals surface area contributed by atoms with Crippen molar-refractivity contribution in [1.29, 1.82) is 0 Å². The Morgan fingerprint density at radius 1 is 1.62 bits per heavy atom. The van der Waals surface area contributed by atoms with Gasteiger partial charge in [-0.2, -0.15) is 0 Å². The molecule has 0 spiro atoms. The first-order valence-corrected chi connectivity index (χ1v) is 2.34. The molecule has 1 rings (SSSR count). The van der Waals surface area contributed by atoms with E-state index in [4.69, 9.17) is 2.74 Å². The topological polar surface area (TPSA) is 0 Å². The van der Waals surface area contributed by atoms with Gasteiger partial charge in [-0.3, -0.25) is 0 Å². The molecule has 0 radical (unpaired) electrons. The molecule has 42 valence electrons. The van der Waals surface area contributed by atoms with Crippen molar-refractivity contribution in [2.45, 2.75) is 6.92 Å². The maximum atomic E-state index is 12.5. The number of hydrogen-bond acceptors (Lipinski definition) is 0. The number of halogens is 1. The molecule has 1 aromatic carbocycles. The number of rotatable bonds is 0. The second-order valence-electron chi connectivity index (χ2n) is 1.61. The molecule has 0 bridgehead atoms. The van der Waals surface area contributed by atoms with Gasteiger partial charge in [-0.25, -0.2) is 4.39 Å². The standard InChI is InChI=1S/C7H7F/c1-6-3-2-4-7(8)5-6/h2-5H,1H3/i3D,4D. The third-order valence-corrected chi connectivity index (χ3v) is 0.853. The Morgan fingerprint density at radius 3 is 3.00 bits per heavy atom. The minimum atomic E-state index is -0.562. The van der Waals surface area contributed by atoms with Gasteiger partial charge in [0, 0.05) is 0 Å². The van der Waals surface area contributed by atoms with E-state index in [1.54, 1.807) is 6.92 Å². The van der Waals surface area contributed by atoms with Crippen molar-refractivity contribution in [2.24, 2.45) is 0 Å². The zero-order valence-electron chi connectivity index (χ0n) is 6.53. The van der Waals surface area contributed by atoms with Crippen LogP contribution in [0.15, 0.2) is 24.2 Å². The van der Waals surface area contributed by atoms with Gasteiger partial charge in [0.05, 0.1) is 2.74 Å². The zero-order valence-corrected chi connectivity index (χ0v) is 4.53. The number of aryl methyl sites for hydroxylation is 1. The highest BCUT2D eigenvalue weighted by atomic mass is 19.1. The molecule has 0 aliphatic rings. The summed E-state index contributed by atoms with van der Waals surface area (Å²) in [7, 11) is 0. The molecule has 0 aliphatic carbocycles. The molecule has 8 heavy (non-hydrogen) atoms. The van der Waals surface area contributed by atoms with Crippen molar-refractivity contribution in [3.63, 3.8) is 0 Å². The molecule has 0 heterocycles. The van der Waals surface area contributed by atoms with E-state index in [0.29, 0.717) is 5.56 Å². The molecular formula is C7H7F. The van der Waals surface area contributed by atoms with E-state index in [2.05, 4.69) is 0 Å². The van der Waals surface area contributed by atoms with E-state index in [9.17, 15) is 4.39 Å². The van der Waals surface area contributed by atoms with Gasteiger partial charge in [-0.1, -0.05) is 12.1 Å². The van der Waals surface area contributed by atoms with Crippen molar-refractivity contribution < 1.29 is 7.13 Å². The average Bonchev–Trinajstić information content (AvgIpc) is 1.84. The predicted molar refractivity (Wildman–Crippen MR) is 31.1 cm³/mol. The smallest absolute Gasteiger partial charge is 0.123 e. The second kappa shape index (κ2) is 1.95. The lowest BCUT2D eigenvalue weighted by atomic mass is 10.2. The van der Waals surface area contributed by atoms with Crippen LogP contribution in [0.25, 0.3) is 0 Å². The maximum Gasteiger partial charge on any atom is 0.123 e. The van der Waals surface area contributed by atoms with Crippen LogP contribution in [-0.4, -0.2) is 0 Å². The van der Waals surface area contributed by atoms with Crippen LogP contribution >= 0.6 is 0 Å². The summed E-state index contributed by atoms with van der Waals surface area (Å²) in [6.45, 7) is 1.64. The van der Waals surface area contributed by atoms with Crippen LogP contribution in [0.1, 0.15) is 8.30 Å². The monoisotopic (exact) mass is 112 g/mol. The van der Waals surface area contributed by atoms with Gasteiger partial charge < -0.3 is 0 Å². The Balaban J connectivity index is 3.28. The normalized spacial score (nSPS) is 12.8. The molecule has 0 atom stereocenters. The molecule has 0 nitrogen and oxygen atoms in total. The second-order valence-corrected chi connectivity index (χ2v) is 1.61. The largest absolute Gasteiger partial charge is 0.207 e. The third-order valence-electron chi connectivity index (χ3n) is 0.853. The summed E-state index contributed by atoms with van der Waals surface area (Å²) in [5, 5.41) is 0. The minimum Gasteiger partial charge on any atom is -0.207 e. The summed E-state index contributed by atoms with van der Waals surface area (Å²) in [6.07, 6.45) is 0. The highest BCUT2D eigenvalue weighted by Gasteiger charge is 1.84. The molecule has 0 unspecified atom stereocenters. The van der Waals surface area contributed by atoms with Gasteiger partial charge in [0.15, 0.2) is 0 Å². The lowest BCUT2D eigenvalue weighted by Gasteiger charge is -1.87. The van der Waals surface area contributed by atoms with E-state index in [1.165, 1.54) is 12.1 Å². The fraction of sp³-hybridized carbons (Fsp3) is 0.143. The quantitative estimate of drug-likeness (QED) is 0.482. The summed E-state index contributed by atoms with van der Waals surface area (Å²) >= 11 is 0. The Bertz CT molecular complexity index is 208. The van der Waals surface area contributed by atoms with Crippen molar-refractivity contribution in [3.8, 4) is 0 Å². The SMILES string of the molecule is [2H]c1cc([2H])c(F)cc1C. The first-order chi connectivity index (χ1) is 4.61. The fourth-order valence-electron chi connectivity index (χ4n) is 0.492. The number of hydrogen-bond donors (Lipinski definition) is 0. The first-order valence-electron chi connectivity index (χ1n) is 3.34. The predicted octanol–water partition coefficient (Wildman–Crippen LogP) is 2.13. The highest BCUT2D eigenvalue weighted by molar-refractivity contribution is 5.13. The van der Waals surface area contributed by atoms with E-state index in [0.717, 1.165) is 0 Å². The molecule has 1 aromatic rings. The Kier molecular flexibility index (Phi) is 0.787. The molecule has 0 saturated heterocycles. The van der Waals surface area contributed by atoms with E-state index in [-0.39, 0.29) is 12.1 Å². The van der Waals surface area contributed by atoms with E-state index < -0.39 is 5.82 Å². The molecule has 0 saturated carbocycles. The molecule has 0 aromatic heterocycles. The molecule has 0 fully saturated rings. The lowest BCUT2D eigenvalue weighted by molar-refractivity contribution is 0.626. The Hall–Kier alpha value is -0.850. The Labute approximate surface area is 50.8 Å². The van der Waals surface area contributed by atoms with Crippen LogP contribution in [0, 0.1) is 12.7 Å². The summed E-state index contributed by atoms with van der Waals surface area (Å²) in [4.78, 5) is 0. The Morgan fingerprint density at radius 2 is 2.38 bits per heavy atom. The molecule has 0 amide bonds. The highest BCUT2D eigenvalue weighted by Crippen LogP contribution is 1.99. The van der Waals surface area contributed by atoms with Gasteiger partial charge in [0.1, 0.15) is 5.82 Å². The minimum absolute atomic E-state index is 0.212. The summed E-state index contributed by atoms with van der Waals surface area (Å²) < 4.78 is 26.6. The summed E-state index contributed by atoms with van der Waals surface area (Å²) in [5.74, 6) is -0.562. The van der Waals surface area contributed by atoms with E-state index in [1.807, 2.05) is 0 Å². The van der Waals surface area contributed by atoms with Crippen molar-refractivity contribution >= 4 is 0 Å². The van der Waals surface area contributed by atoms with Crippen molar-refractivity contribution in [2.75, 3.05) is 0 Å². The molecular weight excluding hydrogens is 103 g/mol. The van der Waals surface area contributed by atoms with Crippen LogP contribution in [-0.2, 0) is 0 Å². The molecule has 0 aliphatic heterocycles. The van der Waals surface area contributed by atoms with Crippen LogP contribution in [0.4, 0.5) is 4.39 Å². The van der Waals surface area contributed by atoms with Gasteiger partial charge in [-0.15, -0.1) is 0 Å². The zero-order chi connectivity index (χ0) is 7.72. The van der Waals surface area contributed by atoms with Gasteiger partial charge in [0.2, 0.25) is 0 Å². The third kappa shape index (κ3) is 1.06. The van der Waals surface area contributed by atoms with Crippen LogP contribution in [0.2, 0.25) is 0 Å². The van der Waals surface area contributed by atoms with Crippen molar-refractivity contribution in [1.82, 2.24) is 0 Å². The maximum absolute atomic E-state index is 12.5. The van der Waals surface area contributed by atoms with Crippen LogP contribution < -0.4 is 0 Å². The lowest BCUT2D eigenvalue weighted by Crippen LogP contribution is -1.72. The molecule has 1 heteroatoms. The van der Waals surface area contributed by atoms with Crippen LogP contribution in [0.3, 0.4) is 0 Å². The van der Waals surface area contributed by atoms with Crippen LogP contribution in [0.5, 0.6) is 0 Å². The van der Waals surface area contributed by atoms with Crippen molar-refractivity contribution in [3.05, 3.63) is 35.6 Å². The summed E-state index contributed by atoms with van der Waals surface area (Å²) in [6, 6.07) is 2.40. The van der Waals surface area contributed by atoms with Gasteiger partial charge >= 0.3 is 0 Å². The number of benzene rings is 1. The first kappa shape index (κ1) is 3.23. The fourth-order valence-corrected chi connectivity index (χ4v) is 0.492. The molecule has 0 N–H and O–H groups in total. The summed E-state index contributed by atoms with van der Waals surface area (Å²) in [5.41, 5.74) is 0.563. The van der Waals surface area contributed by atoms with E-state index >= 15 is 0 Å². The van der Waals surface area contributed by atoms with Gasteiger partial charge in [0.25, 0.3) is 0 Å².